The zero-order valence-corrected chi connectivity index (χ0v) is 11.9. The average Bonchev–Trinajstić information content (AvgIpc) is 3.31. The van der Waals surface area contributed by atoms with E-state index in [-0.39, 0.29) is 0 Å². The summed E-state index contributed by atoms with van der Waals surface area (Å²) in [4.78, 5) is 6.57. The van der Waals surface area contributed by atoms with Crippen molar-refractivity contribution in [2.75, 3.05) is 19.6 Å². The summed E-state index contributed by atoms with van der Waals surface area (Å²) in [5.41, 5.74) is 1.63. The molecule has 2 aliphatic rings. The number of aromatic nitrogens is 1. The number of nitrogens with zero attached hydrogens (tertiary/aromatic N) is 3. The van der Waals surface area contributed by atoms with Gasteiger partial charge in [-0.2, -0.15) is 5.26 Å². The van der Waals surface area contributed by atoms with Crippen LogP contribution >= 0.6 is 0 Å². The molecule has 0 unspecified atom stereocenters. The van der Waals surface area contributed by atoms with Crippen LogP contribution in [0.4, 0.5) is 0 Å². The Morgan fingerprint density at radius 3 is 2.80 bits per heavy atom. The summed E-state index contributed by atoms with van der Waals surface area (Å²) in [6.45, 7) is 4.29. The molecule has 1 saturated carbocycles. The van der Waals surface area contributed by atoms with Gasteiger partial charge in [-0.1, -0.05) is 6.07 Å². The first-order chi connectivity index (χ1) is 9.85. The van der Waals surface area contributed by atoms with E-state index in [1.807, 2.05) is 12.1 Å². The van der Waals surface area contributed by atoms with Gasteiger partial charge in [-0.25, -0.2) is 4.98 Å². The lowest BCUT2D eigenvalue weighted by atomic mass is 10.0. The molecule has 0 radical (unpaired) electrons. The molecule has 1 aromatic heterocycles. The first-order valence-corrected chi connectivity index (χ1v) is 7.65. The molecule has 0 aromatic carbocycles. The Morgan fingerprint density at radius 2 is 2.10 bits per heavy atom. The van der Waals surface area contributed by atoms with E-state index >= 15 is 0 Å². The van der Waals surface area contributed by atoms with Gasteiger partial charge in [-0.05, 0) is 57.3 Å². The third-order valence-electron chi connectivity index (χ3n) is 4.37. The van der Waals surface area contributed by atoms with Crippen molar-refractivity contribution in [1.82, 2.24) is 15.2 Å². The number of nitrogens with one attached hydrogen (secondary N) is 1. The van der Waals surface area contributed by atoms with E-state index in [4.69, 9.17) is 5.26 Å². The Kier molecular flexibility index (Phi) is 4.29. The molecule has 1 aromatic rings. The molecule has 0 amide bonds. The fourth-order valence-electron chi connectivity index (χ4n) is 2.86. The van der Waals surface area contributed by atoms with Crippen LogP contribution in [0.5, 0.6) is 0 Å². The third-order valence-corrected chi connectivity index (χ3v) is 4.37. The van der Waals surface area contributed by atoms with Crippen molar-refractivity contribution in [3.63, 3.8) is 0 Å². The Hall–Kier alpha value is -1.44. The molecule has 4 nitrogen and oxygen atoms in total. The predicted octanol–water partition coefficient (Wildman–Crippen LogP) is 1.92. The molecule has 1 aliphatic heterocycles. The van der Waals surface area contributed by atoms with Gasteiger partial charge < -0.3 is 5.32 Å². The number of rotatable bonds is 5. The summed E-state index contributed by atoms with van der Waals surface area (Å²) < 4.78 is 0. The van der Waals surface area contributed by atoms with Crippen LogP contribution in [0.2, 0.25) is 0 Å². The largest absolute Gasteiger partial charge is 0.314 e. The fraction of sp³-hybridized carbons (Fsp3) is 0.625. The molecule has 0 bridgehead atoms. The number of pyridine rings is 1. The highest BCUT2D eigenvalue weighted by atomic mass is 15.1. The lowest BCUT2D eigenvalue weighted by Gasteiger charge is -2.32. The Bertz CT molecular complexity index is 481. The maximum atomic E-state index is 9.08. The quantitative estimate of drug-likeness (QED) is 0.888. The topological polar surface area (TPSA) is 52.0 Å². The van der Waals surface area contributed by atoms with Crippen LogP contribution in [0.1, 0.15) is 36.9 Å². The summed E-state index contributed by atoms with van der Waals surface area (Å²) in [6.07, 6.45) is 6.97. The smallest absolute Gasteiger partial charge is 0.144 e. The van der Waals surface area contributed by atoms with Crippen molar-refractivity contribution >= 4 is 0 Å². The van der Waals surface area contributed by atoms with E-state index < -0.39 is 0 Å². The summed E-state index contributed by atoms with van der Waals surface area (Å²) in [7, 11) is 0. The van der Waals surface area contributed by atoms with Gasteiger partial charge in [0, 0.05) is 24.3 Å². The highest BCUT2D eigenvalue weighted by molar-refractivity contribution is 5.30. The van der Waals surface area contributed by atoms with Crippen molar-refractivity contribution in [2.24, 2.45) is 5.92 Å². The molecule has 20 heavy (non-hydrogen) atoms. The van der Waals surface area contributed by atoms with Crippen molar-refractivity contribution in [3.05, 3.63) is 29.6 Å². The summed E-state index contributed by atoms with van der Waals surface area (Å²) in [6, 6.07) is 6.81. The second-order valence-electron chi connectivity index (χ2n) is 6.02. The third kappa shape index (κ3) is 3.56. The Labute approximate surface area is 120 Å². The summed E-state index contributed by atoms with van der Waals surface area (Å²) in [5.74, 6) is 0.960. The van der Waals surface area contributed by atoms with Crippen LogP contribution in [0.25, 0.3) is 0 Å². The first kappa shape index (κ1) is 13.5. The Balaban J connectivity index is 1.47. The normalized spacial score (nSPS) is 20.8. The monoisotopic (exact) mass is 270 g/mol. The second-order valence-corrected chi connectivity index (χ2v) is 6.02. The predicted molar refractivity (Wildman–Crippen MR) is 78.0 cm³/mol. The standard InChI is InChI=1S/C16H22N4/c17-10-16-14(2-1-7-18-16)12-20-8-5-15(6-9-20)19-11-13-3-4-13/h1-2,7,13,15,19H,3-6,8-9,11-12H2. The molecule has 0 spiro atoms. The van der Waals surface area contributed by atoms with Gasteiger partial charge in [0.05, 0.1) is 0 Å². The second kappa shape index (κ2) is 6.34. The highest BCUT2D eigenvalue weighted by Crippen LogP contribution is 2.28. The molecule has 1 saturated heterocycles. The SMILES string of the molecule is N#Cc1ncccc1CN1CCC(NCC2CC2)CC1. The van der Waals surface area contributed by atoms with Gasteiger partial charge in [0.1, 0.15) is 11.8 Å². The fourth-order valence-corrected chi connectivity index (χ4v) is 2.86. The van der Waals surface area contributed by atoms with Gasteiger partial charge in [-0.3, -0.25) is 4.90 Å². The maximum absolute atomic E-state index is 9.08. The van der Waals surface area contributed by atoms with Crippen molar-refractivity contribution in [3.8, 4) is 6.07 Å². The van der Waals surface area contributed by atoms with E-state index in [1.54, 1.807) is 6.20 Å². The van der Waals surface area contributed by atoms with Crippen LogP contribution < -0.4 is 5.32 Å². The minimum Gasteiger partial charge on any atom is -0.314 e. The minimum atomic E-state index is 0.571. The van der Waals surface area contributed by atoms with Gasteiger partial charge in [0.2, 0.25) is 0 Å². The number of nitriles is 1. The highest BCUT2D eigenvalue weighted by Gasteiger charge is 2.24. The molecule has 2 fully saturated rings. The van der Waals surface area contributed by atoms with Crippen LogP contribution in [-0.2, 0) is 6.54 Å². The van der Waals surface area contributed by atoms with Gasteiger partial charge >= 0.3 is 0 Å². The molecular weight excluding hydrogens is 248 g/mol. The molecular formula is C16H22N4. The van der Waals surface area contributed by atoms with E-state index in [2.05, 4.69) is 21.3 Å². The zero-order chi connectivity index (χ0) is 13.8. The number of likely N-dealkylation sites (tertiary alicyclic amines) is 1. The van der Waals surface area contributed by atoms with Crippen molar-refractivity contribution < 1.29 is 0 Å². The lowest BCUT2D eigenvalue weighted by molar-refractivity contribution is 0.190. The molecule has 4 heteroatoms. The average molecular weight is 270 g/mol. The molecule has 1 aliphatic carbocycles. The van der Waals surface area contributed by atoms with Crippen LogP contribution in [0.15, 0.2) is 18.3 Å². The van der Waals surface area contributed by atoms with Crippen molar-refractivity contribution in [1.29, 1.82) is 5.26 Å². The molecule has 2 heterocycles. The number of piperidine rings is 1. The maximum Gasteiger partial charge on any atom is 0.144 e. The van der Waals surface area contributed by atoms with E-state index in [9.17, 15) is 0 Å². The lowest BCUT2D eigenvalue weighted by Crippen LogP contribution is -2.42. The minimum absolute atomic E-state index is 0.571. The van der Waals surface area contributed by atoms with Crippen molar-refractivity contribution in [2.45, 2.75) is 38.3 Å². The van der Waals surface area contributed by atoms with Crippen LogP contribution in [0.3, 0.4) is 0 Å². The first-order valence-electron chi connectivity index (χ1n) is 7.65. The van der Waals surface area contributed by atoms with Gasteiger partial charge in [-0.15, -0.1) is 0 Å². The number of hydrogen-bond donors (Lipinski definition) is 1. The number of hydrogen-bond acceptors (Lipinski definition) is 4. The van der Waals surface area contributed by atoms with Crippen LogP contribution in [-0.4, -0.2) is 35.6 Å². The zero-order valence-electron chi connectivity index (χ0n) is 11.9. The van der Waals surface area contributed by atoms with Gasteiger partial charge in [0.25, 0.3) is 0 Å². The van der Waals surface area contributed by atoms with Crippen LogP contribution in [0, 0.1) is 17.2 Å². The molecule has 1 N–H and O–H groups in total. The summed E-state index contributed by atoms with van der Waals surface area (Å²) >= 11 is 0. The van der Waals surface area contributed by atoms with E-state index in [0.717, 1.165) is 31.1 Å². The van der Waals surface area contributed by atoms with E-state index in [1.165, 1.54) is 32.2 Å². The van der Waals surface area contributed by atoms with Gasteiger partial charge in [0.15, 0.2) is 0 Å². The molecule has 3 rings (SSSR count). The molecule has 0 atom stereocenters. The summed E-state index contributed by atoms with van der Waals surface area (Å²) in [5, 5.41) is 12.8. The Morgan fingerprint density at radius 1 is 1.30 bits per heavy atom. The molecule has 106 valence electrons. The van der Waals surface area contributed by atoms with E-state index in [0.29, 0.717) is 11.7 Å².